The number of hydrogen-bond acceptors (Lipinski definition) is 6. The van der Waals surface area contributed by atoms with Gasteiger partial charge in [-0.2, -0.15) is 0 Å². The summed E-state index contributed by atoms with van der Waals surface area (Å²) < 4.78 is 0. The van der Waals surface area contributed by atoms with E-state index in [1.165, 1.54) is 0 Å². The summed E-state index contributed by atoms with van der Waals surface area (Å²) in [6, 6.07) is 0. The van der Waals surface area contributed by atoms with E-state index in [9.17, 15) is 10.5 Å². The fraction of sp³-hybridized carbons (Fsp3) is 0.882. The second-order valence-electron chi connectivity index (χ2n) is 8.17. The van der Waals surface area contributed by atoms with Gasteiger partial charge in [-0.15, -0.1) is 0 Å². The molecule has 138 valence electrons. The summed E-state index contributed by atoms with van der Waals surface area (Å²) in [5.74, 6) is 0.410. The van der Waals surface area contributed by atoms with E-state index in [0.29, 0.717) is 18.6 Å². The van der Waals surface area contributed by atoms with E-state index in [0.717, 1.165) is 18.4 Å². The van der Waals surface area contributed by atoms with E-state index >= 15 is 0 Å². The van der Waals surface area contributed by atoms with Gasteiger partial charge in [-0.3, -0.25) is 10.5 Å². The Kier molecular flexibility index (Phi) is 8.73. The van der Waals surface area contributed by atoms with Gasteiger partial charge in [0.25, 0.3) is 0 Å². The van der Waals surface area contributed by atoms with E-state index in [1.807, 2.05) is 41.5 Å². The summed E-state index contributed by atoms with van der Waals surface area (Å²) in [5, 5.41) is 27.3. The Bertz CT molecular complexity index is 383. The molecule has 0 aromatic carbocycles. The summed E-state index contributed by atoms with van der Waals surface area (Å²) in [6.07, 6.45) is 3.12. The second-order valence-corrected chi connectivity index (χ2v) is 8.17. The maximum atomic E-state index is 9.30. The van der Waals surface area contributed by atoms with Crippen LogP contribution in [-0.4, -0.2) is 27.0 Å². The Morgan fingerprint density at radius 1 is 0.826 bits per heavy atom. The molecule has 0 fully saturated rings. The standard InChI is InChI=1S/C17H34O6/c1-13(15(2,3)4)14(21-18)12-17(7,23-20)11-9-8-10-16(5,6)22-19/h18-20H,8-12H2,1-7H3. The highest BCUT2D eigenvalue weighted by Crippen LogP contribution is 2.34. The van der Waals surface area contributed by atoms with Gasteiger partial charge < -0.3 is 4.89 Å². The zero-order valence-corrected chi connectivity index (χ0v) is 15.6. The van der Waals surface area contributed by atoms with Crippen molar-refractivity contribution in [2.75, 3.05) is 0 Å². The van der Waals surface area contributed by atoms with E-state index in [4.69, 9.17) is 5.26 Å². The van der Waals surface area contributed by atoms with Crippen molar-refractivity contribution < 1.29 is 30.4 Å². The second kappa shape index (κ2) is 8.99. The Hall–Kier alpha value is -0.660. The molecule has 0 heterocycles. The van der Waals surface area contributed by atoms with Crippen molar-refractivity contribution in [3.05, 3.63) is 11.3 Å². The van der Waals surface area contributed by atoms with Gasteiger partial charge in [0.15, 0.2) is 0 Å². The fourth-order valence-electron chi connectivity index (χ4n) is 2.25. The summed E-state index contributed by atoms with van der Waals surface area (Å²) in [4.78, 5) is 13.6. The third-order valence-corrected chi connectivity index (χ3v) is 4.39. The van der Waals surface area contributed by atoms with Gasteiger partial charge in [0.1, 0.15) is 11.4 Å². The zero-order valence-electron chi connectivity index (χ0n) is 15.6. The third-order valence-electron chi connectivity index (χ3n) is 4.39. The number of rotatable bonds is 10. The highest BCUT2D eigenvalue weighted by atomic mass is 17.1. The minimum atomic E-state index is -0.852. The highest BCUT2D eigenvalue weighted by Gasteiger charge is 2.31. The third kappa shape index (κ3) is 8.13. The maximum absolute atomic E-state index is 9.30. The Labute approximate surface area is 139 Å². The molecule has 3 N–H and O–H groups in total. The number of hydrogen-bond donors (Lipinski definition) is 3. The average Bonchev–Trinajstić information content (AvgIpc) is 2.48. The van der Waals surface area contributed by atoms with Crippen LogP contribution in [0.5, 0.6) is 0 Å². The minimum Gasteiger partial charge on any atom is -0.345 e. The van der Waals surface area contributed by atoms with Crippen LogP contribution in [0.1, 0.15) is 80.6 Å². The van der Waals surface area contributed by atoms with Crippen molar-refractivity contribution in [2.45, 2.75) is 91.8 Å². The Balaban J connectivity index is 4.78. The fourth-order valence-corrected chi connectivity index (χ4v) is 2.25. The minimum absolute atomic E-state index is 0.156. The van der Waals surface area contributed by atoms with E-state index < -0.39 is 11.2 Å². The molecule has 6 nitrogen and oxygen atoms in total. The summed E-state index contributed by atoms with van der Waals surface area (Å²) in [7, 11) is 0. The van der Waals surface area contributed by atoms with Gasteiger partial charge in [0, 0.05) is 6.42 Å². The molecule has 0 aliphatic carbocycles. The molecule has 0 aliphatic rings. The molecular formula is C17H34O6. The number of allylic oxidation sites excluding steroid dienone is 1. The lowest BCUT2D eigenvalue weighted by molar-refractivity contribution is -0.326. The SMILES string of the molecule is CC(=C(CC(C)(CCCCC(C)(C)OO)OO)OO)C(C)(C)C. The molecule has 23 heavy (non-hydrogen) atoms. The molecule has 0 spiro atoms. The van der Waals surface area contributed by atoms with Crippen molar-refractivity contribution >= 4 is 0 Å². The van der Waals surface area contributed by atoms with Crippen LogP contribution in [0.3, 0.4) is 0 Å². The molecule has 0 aliphatic heterocycles. The van der Waals surface area contributed by atoms with E-state index in [-0.39, 0.29) is 11.8 Å². The molecule has 1 unspecified atom stereocenters. The molecule has 1 atom stereocenters. The first kappa shape index (κ1) is 22.3. The molecule has 0 rings (SSSR count). The molecule has 0 saturated carbocycles. The summed E-state index contributed by atoms with van der Waals surface area (Å²) >= 11 is 0. The smallest absolute Gasteiger partial charge is 0.144 e. The average molecular weight is 334 g/mol. The molecule has 0 bridgehead atoms. The van der Waals surface area contributed by atoms with Gasteiger partial charge in [0.05, 0.1) is 5.60 Å². The zero-order chi connectivity index (χ0) is 18.3. The van der Waals surface area contributed by atoms with Crippen molar-refractivity contribution in [3.8, 4) is 0 Å². The van der Waals surface area contributed by atoms with E-state index in [2.05, 4.69) is 14.7 Å². The Morgan fingerprint density at radius 3 is 1.74 bits per heavy atom. The normalized spacial score (nSPS) is 16.8. The Morgan fingerprint density at radius 2 is 1.35 bits per heavy atom. The van der Waals surface area contributed by atoms with Crippen LogP contribution in [0.4, 0.5) is 0 Å². The van der Waals surface area contributed by atoms with Crippen LogP contribution < -0.4 is 0 Å². The molecule has 0 saturated heterocycles. The van der Waals surface area contributed by atoms with Gasteiger partial charge in [-0.05, 0) is 51.5 Å². The molecule has 6 heteroatoms. The predicted molar refractivity (Wildman–Crippen MR) is 88.9 cm³/mol. The number of unbranched alkanes of at least 4 members (excludes halogenated alkanes) is 1. The van der Waals surface area contributed by atoms with Crippen LogP contribution in [0.15, 0.2) is 11.3 Å². The van der Waals surface area contributed by atoms with Crippen molar-refractivity contribution in [2.24, 2.45) is 5.41 Å². The van der Waals surface area contributed by atoms with Crippen LogP contribution >= 0.6 is 0 Å². The van der Waals surface area contributed by atoms with Gasteiger partial charge in [-0.25, -0.2) is 15.0 Å². The molecule has 0 radical (unpaired) electrons. The first-order chi connectivity index (χ1) is 10.4. The quantitative estimate of drug-likeness (QED) is 0.218. The van der Waals surface area contributed by atoms with Crippen molar-refractivity contribution in [1.82, 2.24) is 0 Å². The van der Waals surface area contributed by atoms with Gasteiger partial charge >= 0.3 is 0 Å². The van der Waals surface area contributed by atoms with Crippen LogP contribution in [-0.2, 0) is 14.7 Å². The molecule has 0 aromatic heterocycles. The lowest BCUT2D eigenvalue weighted by Crippen LogP contribution is -2.30. The summed E-state index contributed by atoms with van der Waals surface area (Å²) in [5.41, 5.74) is -0.692. The molecule has 0 aromatic rings. The molecular weight excluding hydrogens is 300 g/mol. The van der Waals surface area contributed by atoms with Gasteiger partial charge in [0.2, 0.25) is 0 Å². The van der Waals surface area contributed by atoms with Gasteiger partial charge in [-0.1, -0.05) is 33.6 Å². The monoisotopic (exact) mass is 334 g/mol. The van der Waals surface area contributed by atoms with Crippen LogP contribution in [0.25, 0.3) is 0 Å². The molecule has 0 amide bonds. The maximum Gasteiger partial charge on any atom is 0.144 e. The van der Waals surface area contributed by atoms with E-state index in [1.54, 1.807) is 6.92 Å². The van der Waals surface area contributed by atoms with Crippen LogP contribution in [0, 0.1) is 5.41 Å². The largest absolute Gasteiger partial charge is 0.345 e. The summed E-state index contributed by atoms with van der Waals surface area (Å²) in [6.45, 7) is 13.4. The lowest BCUT2D eigenvalue weighted by Gasteiger charge is -2.29. The lowest BCUT2D eigenvalue weighted by atomic mass is 9.83. The first-order valence-corrected chi connectivity index (χ1v) is 8.07. The highest BCUT2D eigenvalue weighted by molar-refractivity contribution is 5.14. The van der Waals surface area contributed by atoms with Crippen molar-refractivity contribution in [1.29, 1.82) is 0 Å². The first-order valence-electron chi connectivity index (χ1n) is 8.07. The van der Waals surface area contributed by atoms with Crippen LogP contribution in [0.2, 0.25) is 0 Å². The topological polar surface area (TPSA) is 88.4 Å². The van der Waals surface area contributed by atoms with Crippen molar-refractivity contribution in [3.63, 3.8) is 0 Å². The predicted octanol–water partition coefficient (Wildman–Crippen LogP) is 5.26.